The summed E-state index contributed by atoms with van der Waals surface area (Å²) < 4.78 is 0. The minimum atomic E-state index is -0.486. The molecule has 0 saturated heterocycles. The summed E-state index contributed by atoms with van der Waals surface area (Å²) in [4.78, 5) is 6.79. The lowest BCUT2D eigenvalue weighted by atomic mass is 9.97. The van der Waals surface area contributed by atoms with E-state index in [0.717, 1.165) is 25.0 Å². The Kier molecular flexibility index (Phi) is 5.27. The van der Waals surface area contributed by atoms with Crippen molar-refractivity contribution in [2.75, 3.05) is 13.2 Å². The minimum absolute atomic E-state index is 0.267. The van der Waals surface area contributed by atoms with Gasteiger partial charge in [0.1, 0.15) is 12.7 Å². The van der Waals surface area contributed by atoms with Crippen LogP contribution in [0.5, 0.6) is 0 Å². The van der Waals surface area contributed by atoms with E-state index in [1.54, 1.807) is 11.3 Å². The monoisotopic (exact) mass is 308 g/mol. The zero-order valence-electron chi connectivity index (χ0n) is 12.4. The molecular weight excluding hydrogens is 284 g/mol. The van der Waals surface area contributed by atoms with Crippen LogP contribution in [0, 0.1) is 0 Å². The summed E-state index contributed by atoms with van der Waals surface area (Å²) in [6.07, 6.45) is 7.86. The Morgan fingerprint density at radius 2 is 2.19 bits per heavy atom. The maximum Gasteiger partial charge on any atom is 0.144 e. The fourth-order valence-corrected chi connectivity index (χ4v) is 4.07. The second kappa shape index (κ2) is 7.38. The van der Waals surface area contributed by atoms with Gasteiger partial charge in [0.15, 0.2) is 0 Å². The standard InChI is InChI=1S/C16H24N2O2S/c19-13(10-17-12-4-1-2-5-12)11-20-18-15-6-3-7-16-14(15)8-9-21-16/h8-9,12-13,17,19H,1-7,10-11H2. The average molecular weight is 308 g/mol. The Balaban J connectivity index is 1.42. The van der Waals surface area contributed by atoms with E-state index >= 15 is 0 Å². The summed E-state index contributed by atoms with van der Waals surface area (Å²) >= 11 is 1.80. The molecule has 1 fully saturated rings. The molecule has 1 aromatic rings. The number of aliphatic hydroxyl groups is 1. The molecule has 2 aliphatic rings. The maximum atomic E-state index is 9.94. The highest BCUT2D eigenvalue weighted by molar-refractivity contribution is 7.10. The van der Waals surface area contributed by atoms with Gasteiger partial charge >= 0.3 is 0 Å². The van der Waals surface area contributed by atoms with Crippen LogP contribution in [0.15, 0.2) is 16.6 Å². The molecule has 0 aromatic carbocycles. The van der Waals surface area contributed by atoms with Crippen LogP contribution in [0.4, 0.5) is 0 Å². The van der Waals surface area contributed by atoms with Crippen molar-refractivity contribution < 1.29 is 9.94 Å². The highest BCUT2D eigenvalue weighted by atomic mass is 32.1. The van der Waals surface area contributed by atoms with E-state index in [2.05, 4.69) is 21.9 Å². The Morgan fingerprint density at radius 1 is 1.33 bits per heavy atom. The molecule has 2 N–H and O–H groups in total. The summed E-state index contributed by atoms with van der Waals surface area (Å²) in [5, 5.41) is 19.7. The van der Waals surface area contributed by atoms with E-state index in [1.807, 2.05) is 0 Å². The third-order valence-corrected chi connectivity index (χ3v) is 5.29. The first-order valence-corrected chi connectivity index (χ1v) is 8.88. The Hall–Kier alpha value is -0.910. The van der Waals surface area contributed by atoms with E-state index in [1.165, 1.54) is 36.1 Å². The van der Waals surface area contributed by atoms with Crippen molar-refractivity contribution in [3.63, 3.8) is 0 Å². The third kappa shape index (κ3) is 4.05. The second-order valence-electron chi connectivity index (χ2n) is 5.99. The molecule has 0 bridgehead atoms. The first kappa shape index (κ1) is 15.0. The van der Waals surface area contributed by atoms with E-state index in [4.69, 9.17) is 4.84 Å². The van der Waals surface area contributed by atoms with Crippen LogP contribution in [-0.2, 0) is 11.3 Å². The SMILES string of the molecule is OC(CNC1CCCC1)CON=C1CCCc2sccc21. The molecule has 0 spiro atoms. The molecule has 21 heavy (non-hydrogen) atoms. The van der Waals surface area contributed by atoms with Gasteiger partial charge in [0.05, 0.1) is 5.71 Å². The normalized spacial score (nSPS) is 22.4. The summed E-state index contributed by atoms with van der Waals surface area (Å²) in [6.45, 7) is 0.863. The smallest absolute Gasteiger partial charge is 0.144 e. The lowest BCUT2D eigenvalue weighted by molar-refractivity contribution is 0.0388. The Labute approximate surface area is 130 Å². The number of thiophene rings is 1. The van der Waals surface area contributed by atoms with Crippen molar-refractivity contribution >= 4 is 17.0 Å². The van der Waals surface area contributed by atoms with Gasteiger partial charge in [-0.1, -0.05) is 18.0 Å². The van der Waals surface area contributed by atoms with Crippen LogP contribution in [0.3, 0.4) is 0 Å². The second-order valence-corrected chi connectivity index (χ2v) is 6.99. The minimum Gasteiger partial charge on any atom is -0.393 e. The molecule has 1 saturated carbocycles. The number of nitrogens with one attached hydrogen (secondary N) is 1. The van der Waals surface area contributed by atoms with Crippen LogP contribution in [-0.4, -0.2) is 36.1 Å². The van der Waals surface area contributed by atoms with Gasteiger partial charge in [-0.15, -0.1) is 11.3 Å². The summed E-state index contributed by atoms with van der Waals surface area (Å²) in [7, 11) is 0. The molecular formula is C16H24N2O2S. The molecule has 0 aliphatic heterocycles. The zero-order chi connectivity index (χ0) is 14.5. The van der Waals surface area contributed by atoms with Crippen molar-refractivity contribution in [3.05, 3.63) is 21.9 Å². The lowest BCUT2D eigenvalue weighted by Crippen LogP contribution is -2.35. The number of fused-ring (bicyclic) bond motifs is 1. The molecule has 116 valence electrons. The molecule has 1 heterocycles. The van der Waals surface area contributed by atoms with Crippen molar-refractivity contribution in [3.8, 4) is 0 Å². The van der Waals surface area contributed by atoms with Gasteiger partial charge in [-0.2, -0.15) is 0 Å². The number of rotatable bonds is 6. The van der Waals surface area contributed by atoms with Gasteiger partial charge in [0.2, 0.25) is 0 Å². The summed E-state index contributed by atoms with van der Waals surface area (Å²) in [5.41, 5.74) is 2.28. The molecule has 0 amide bonds. The van der Waals surface area contributed by atoms with Crippen molar-refractivity contribution in [1.29, 1.82) is 0 Å². The van der Waals surface area contributed by atoms with E-state index < -0.39 is 6.10 Å². The van der Waals surface area contributed by atoms with Gasteiger partial charge in [-0.25, -0.2) is 0 Å². The molecule has 1 aromatic heterocycles. The molecule has 1 atom stereocenters. The topological polar surface area (TPSA) is 53.8 Å². The molecule has 1 unspecified atom stereocenters. The van der Waals surface area contributed by atoms with Gasteiger partial charge in [0, 0.05) is 23.0 Å². The quantitative estimate of drug-likeness (QED) is 0.795. The molecule has 2 aliphatic carbocycles. The first-order chi connectivity index (χ1) is 10.3. The van der Waals surface area contributed by atoms with Crippen molar-refractivity contribution in [2.24, 2.45) is 5.16 Å². The number of aliphatic hydroxyl groups excluding tert-OH is 1. The van der Waals surface area contributed by atoms with Crippen LogP contribution in [0.25, 0.3) is 0 Å². The number of hydrogen-bond acceptors (Lipinski definition) is 5. The van der Waals surface area contributed by atoms with Gasteiger partial charge < -0.3 is 15.3 Å². The number of hydrogen-bond donors (Lipinski definition) is 2. The first-order valence-electron chi connectivity index (χ1n) is 8.00. The average Bonchev–Trinajstić information content (AvgIpc) is 3.16. The predicted octanol–water partition coefficient (Wildman–Crippen LogP) is 2.70. The lowest BCUT2D eigenvalue weighted by Gasteiger charge is -2.16. The molecule has 4 nitrogen and oxygen atoms in total. The summed E-state index contributed by atoms with van der Waals surface area (Å²) in [6, 6.07) is 2.71. The Morgan fingerprint density at radius 3 is 3.05 bits per heavy atom. The highest BCUT2D eigenvalue weighted by Crippen LogP contribution is 2.26. The van der Waals surface area contributed by atoms with Crippen LogP contribution in [0.2, 0.25) is 0 Å². The van der Waals surface area contributed by atoms with Crippen LogP contribution < -0.4 is 5.32 Å². The van der Waals surface area contributed by atoms with Gasteiger partial charge in [-0.05, 0) is 43.6 Å². The van der Waals surface area contributed by atoms with Crippen LogP contribution >= 0.6 is 11.3 Å². The molecule has 3 rings (SSSR count). The third-order valence-electron chi connectivity index (χ3n) is 4.31. The fourth-order valence-electron chi connectivity index (χ4n) is 3.13. The van der Waals surface area contributed by atoms with Gasteiger partial charge in [0.25, 0.3) is 0 Å². The highest BCUT2D eigenvalue weighted by Gasteiger charge is 2.18. The zero-order valence-corrected chi connectivity index (χ0v) is 13.2. The van der Waals surface area contributed by atoms with E-state index in [-0.39, 0.29) is 6.61 Å². The Bertz CT molecular complexity index is 480. The van der Waals surface area contributed by atoms with Crippen molar-refractivity contribution in [2.45, 2.75) is 57.1 Å². The maximum absolute atomic E-state index is 9.94. The largest absolute Gasteiger partial charge is 0.393 e. The van der Waals surface area contributed by atoms with Crippen LogP contribution in [0.1, 0.15) is 49.0 Å². The van der Waals surface area contributed by atoms with Crippen molar-refractivity contribution in [1.82, 2.24) is 5.32 Å². The number of oxime groups is 1. The predicted molar refractivity (Wildman–Crippen MR) is 86.0 cm³/mol. The molecule has 5 heteroatoms. The summed E-state index contributed by atoms with van der Waals surface area (Å²) in [5.74, 6) is 0. The molecule has 0 radical (unpaired) electrons. The fraction of sp³-hybridized carbons (Fsp3) is 0.688. The van der Waals surface area contributed by atoms with E-state index in [0.29, 0.717) is 12.6 Å². The van der Waals surface area contributed by atoms with E-state index in [9.17, 15) is 5.11 Å². The van der Waals surface area contributed by atoms with Gasteiger partial charge in [-0.3, -0.25) is 0 Å². The number of aryl methyl sites for hydroxylation is 1. The number of nitrogens with zero attached hydrogens (tertiary/aromatic N) is 1.